The maximum atomic E-state index is 14.3. The highest BCUT2D eigenvalue weighted by Gasteiger charge is 2.39. The van der Waals surface area contributed by atoms with Crippen molar-refractivity contribution in [3.63, 3.8) is 0 Å². The van der Waals surface area contributed by atoms with Crippen LogP contribution in [0.3, 0.4) is 0 Å². The summed E-state index contributed by atoms with van der Waals surface area (Å²) in [6.45, 7) is 2.26. The van der Waals surface area contributed by atoms with E-state index in [2.05, 4.69) is 9.82 Å². The van der Waals surface area contributed by atoms with Crippen LogP contribution < -0.4 is 9.46 Å². The lowest BCUT2D eigenvalue weighted by atomic mass is 9.81. The maximum absolute atomic E-state index is 14.3. The Hall–Kier alpha value is -4.63. The smallest absolute Gasteiger partial charge is 0.408 e. The van der Waals surface area contributed by atoms with Gasteiger partial charge in [0.2, 0.25) is 10.0 Å². The highest BCUT2D eigenvalue weighted by molar-refractivity contribution is 7.90. The molecule has 2 aromatic heterocycles. The number of nitrogens with zero attached hydrogens (tertiary/aromatic N) is 4. The molecule has 1 N–H and O–H groups in total. The number of rotatable bonds is 8. The number of hydrogen-bond acceptors (Lipinski definition) is 7. The molecular weight excluding hydrogens is 736 g/mol. The highest BCUT2D eigenvalue weighted by Crippen LogP contribution is 2.48. The lowest BCUT2D eigenvalue weighted by Gasteiger charge is -2.32. The van der Waals surface area contributed by atoms with Crippen LogP contribution in [0.1, 0.15) is 102 Å². The molecule has 4 aliphatic rings. The van der Waals surface area contributed by atoms with Gasteiger partial charge in [0.15, 0.2) is 0 Å². The first kappa shape index (κ1) is 37.3. The van der Waals surface area contributed by atoms with E-state index in [0.717, 1.165) is 71.8 Å². The fraction of sp³-hybridized carbons (Fsp3) is 0.475. The number of hydrogen-bond donors (Lipinski definition) is 1. The maximum Gasteiger partial charge on any atom is 0.408 e. The van der Waals surface area contributed by atoms with Crippen molar-refractivity contribution in [3.05, 3.63) is 70.5 Å². The quantitative estimate of drug-likeness (QED) is 0.202. The van der Waals surface area contributed by atoms with Crippen LogP contribution in [0.25, 0.3) is 33.8 Å². The molecule has 2 bridgehead atoms. The van der Waals surface area contributed by atoms with Gasteiger partial charge in [0.05, 0.1) is 54.3 Å². The van der Waals surface area contributed by atoms with E-state index >= 15 is 0 Å². The Bertz CT molecular complexity index is 2310. The summed E-state index contributed by atoms with van der Waals surface area (Å²) in [5, 5.41) is 4.22. The summed E-state index contributed by atoms with van der Waals surface area (Å²) in [6.07, 6.45) is 4.86. The van der Waals surface area contributed by atoms with Gasteiger partial charge in [0.25, 0.3) is 11.8 Å². The molecule has 2 atom stereocenters. The number of aromatic nitrogens is 3. The van der Waals surface area contributed by atoms with Gasteiger partial charge in [-0.2, -0.15) is 18.3 Å². The minimum atomic E-state index is -4.64. The standard InChI is InChI=1S/C40H44F3N5O6S/c1-23(2)55(51,52)45-38(49)25-9-13-32-34(17-25)47-19-27(15-26-16-28(53-3)12-14-31(26)37(47)35(32)24-7-5-4-6-8-24)36-33(18-44-48(36)22-40(41,42)43)39(50)46-20-29-10-11-30(21-46)54-29/h9,12-18,23-24,29-30H,4-8,10-11,19-22H2,1-3H3,(H,45,49). The number of halogens is 3. The van der Waals surface area contributed by atoms with Gasteiger partial charge in [0.1, 0.15) is 12.3 Å². The number of sulfonamides is 1. The summed E-state index contributed by atoms with van der Waals surface area (Å²) in [5.41, 5.74) is 4.72. The van der Waals surface area contributed by atoms with Crippen molar-refractivity contribution in [2.75, 3.05) is 20.2 Å². The second-order valence-corrected chi connectivity index (χ2v) is 17.6. The fourth-order valence-corrected chi connectivity index (χ4v) is 9.37. The molecule has 3 aliphatic heterocycles. The van der Waals surface area contributed by atoms with Crippen LogP contribution in [-0.4, -0.2) is 83.3 Å². The third-order valence-electron chi connectivity index (χ3n) is 11.4. The largest absolute Gasteiger partial charge is 0.497 e. The number of benzene rings is 2. The Morgan fingerprint density at radius 3 is 2.40 bits per heavy atom. The number of amides is 2. The summed E-state index contributed by atoms with van der Waals surface area (Å²) in [7, 11) is -2.39. The molecule has 292 valence electrons. The molecule has 5 heterocycles. The Labute approximate surface area is 317 Å². The SMILES string of the molecule is COc1ccc2c(c1)C=C(c1c(C(=O)N3CC4CCC(C3)O4)cnn1CC(F)(F)F)Cn1c-2c(C2CCCCC2)c2ccc(C(=O)NS(=O)(=O)C(C)C)cc21. The third kappa shape index (κ3) is 7.05. The molecular formula is C40H44F3N5O6S. The van der Waals surface area contributed by atoms with Crippen LogP contribution in [0, 0.1) is 0 Å². The number of fused-ring (bicyclic) bond motifs is 7. The predicted octanol–water partition coefficient (Wildman–Crippen LogP) is 7.15. The van der Waals surface area contributed by atoms with Crippen molar-refractivity contribution in [2.24, 2.45) is 0 Å². The number of methoxy groups -OCH3 is 1. The molecule has 15 heteroatoms. The number of carbonyl (C=O) groups is 2. The fourth-order valence-electron chi connectivity index (χ4n) is 8.75. The second kappa shape index (κ2) is 14.1. The molecule has 2 amide bonds. The van der Waals surface area contributed by atoms with Crippen LogP contribution in [-0.2, 0) is 27.8 Å². The highest BCUT2D eigenvalue weighted by atomic mass is 32.2. The van der Waals surface area contributed by atoms with Gasteiger partial charge in [-0.3, -0.25) is 14.3 Å². The molecule has 11 nitrogen and oxygen atoms in total. The zero-order valence-corrected chi connectivity index (χ0v) is 31.8. The summed E-state index contributed by atoms with van der Waals surface area (Å²) in [5.74, 6) is -0.483. The Morgan fingerprint density at radius 1 is 1.00 bits per heavy atom. The summed E-state index contributed by atoms with van der Waals surface area (Å²) in [4.78, 5) is 29.5. The normalized spacial score (nSPS) is 20.3. The van der Waals surface area contributed by atoms with Gasteiger partial charge >= 0.3 is 6.18 Å². The lowest BCUT2D eigenvalue weighted by molar-refractivity contribution is -0.142. The Kier molecular flexibility index (Phi) is 9.59. The molecule has 8 rings (SSSR count). The van der Waals surface area contributed by atoms with Crippen molar-refractivity contribution >= 4 is 44.4 Å². The topological polar surface area (TPSA) is 125 Å². The van der Waals surface area contributed by atoms with Crippen LogP contribution in [0.2, 0.25) is 0 Å². The molecule has 2 saturated heterocycles. The number of nitrogens with one attached hydrogen (secondary N) is 1. The second-order valence-electron chi connectivity index (χ2n) is 15.4. The van der Waals surface area contributed by atoms with Gasteiger partial charge in [-0.25, -0.2) is 13.1 Å². The first-order chi connectivity index (χ1) is 26.2. The molecule has 1 saturated carbocycles. The van der Waals surface area contributed by atoms with Crippen molar-refractivity contribution in [3.8, 4) is 17.0 Å². The molecule has 55 heavy (non-hydrogen) atoms. The molecule has 2 aromatic carbocycles. The van der Waals surface area contributed by atoms with Gasteiger partial charge < -0.3 is 18.9 Å². The summed E-state index contributed by atoms with van der Waals surface area (Å²) >= 11 is 0. The van der Waals surface area contributed by atoms with E-state index in [-0.39, 0.29) is 41.5 Å². The molecule has 0 spiro atoms. The number of likely N-dealkylation sites (tertiary alicyclic amines) is 1. The van der Waals surface area contributed by atoms with E-state index in [0.29, 0.717) is 35.5 Å². The number of ether oxygens (including phenoxy) is 2. The molecule has 0 radical (unpaired) electrons. The van der Waals surface area contributed by atoms with Crippen LogP contribution in [0.4, 0.5) is 13.2 Å². The van der Waals surface area contributed by atoms with E-state index in [4.69, 9.17) is 9.47 Å². The van der Waals surface area contributed by atoms with E-state index in [9.17, 15) is 31.2 Å². The van der Waals surface area contributed by atoms with Crippen LogP contribution in [0.15, 0.2) is 42.6 Å². The van der Waals surface area contributed by atoms with Gasteiger partial charge in [0, 0.05) is 35.1 Å². The summed E-state index contributed by atoms with van der Waals surface area (Å²) in [6, 6.07) is 10.8. The molecule has 3 fully saturated rings. The average Bonchev–Trinajstić information content (AvgIpc) is 3.78. The predicted molar refractivity (Wildman–Crippen MR) is 201 cm³/mol. The minimum Gasteiger partial charge on any atom is -0.497 e. The average molecular weight is 780 g/mol. The molecule has 2 unspecified atom stereocenters. The molecule has 1 aliphatic carbocycles. The van der Waals surface area contributed by atoms with Gasteiger partial charge in [-0.1, -0.05) is 25.3 Å². The first-order valence-electron chi connectivity index (χ1n) is 18.9. The first-order valence-corrected chi connectivity index (χ1v) is 20.4. The van der Waals surface area contributed by atoms with Crippen LogP contribution in [0.5, 0.6) is 5.75 Å². The van der Waals surface area contributed by atoms with Crippen LogP contribution >= 0.6 is 0 Å². The lowest BCUT2D eigenvalue weighted by Crippen LogP contribution is -2.46. The minimum absolute atomic E-state index is 0.0309. The van der Waals surface area contributed by atoms with E-state index < -0.39 is 39.8 Å². The Morgan fingerprint density at radius 2 is 1.73 bits per heavy atom. The Balaban J connectivity index is 1.35. The number of carbonyl (C=O) groups excluding carboxylic acids is 2. The van der Waals surface area contributed by atoms with Crippen molar-refractivity contribution in [1.29, 1.82) is 0 Å². The van der Waals surface area contributed by atoms with E-state index in [1.54, 1.807) is 24.1 Å². The number of allylic oxidation sites excluding steroid dienone is 1. The van der Waals surface area contributed by atoms with Gasteiger partial charge in [-0.15, -0.1) is 0 Å². The van der Waals surface area contributed by atoms with E-state index in [1.165, 1.54) is 20.0 Å². The van der Waals surface area contributed by atoms with Crippen molar-refractivity contribution in [2.45, 2.75) is 101 Å². The zero-order chi connectivity index (χ0) is 38.8. The number of alkyl halides is 3. The summed E-state index contributed by atoms with van der Waals surface area (Å²) < 4.78 is 84.8. The van der Waals surface area contributed by atoms with Crippen molar-refractivity contribution in [1.82, 2.24) is 24.0 Å². The van der Waals surface area contributed by atoms with E-state index in [1.807, 2.05) is 34.9 Å². The molecule has 4 aromatic rings. The van der Waals surface area contributed by atoms with Gasteiger partial charge in [-0.05, 0) is 98.6 Å². The number of morpholine rings is 1. The zero-order valence-electron chi connectivity index (χ0n) is 31.0. The van der Waals surface area contributed by atoms with Crippen molar-refractivity contribution < 1.29 is 40.7 Å². The monoisotopic (exact) mass is 779 g/mol. The third-order valence-corrected chi connectivity index (χ3v) is 13.2.